The van der Waals surface area contributed by atoms with Gasteiger partial charge >= 0.3 is 0 Å². The second-order valence-corrected chi connectivity index (χ2v) is 3.27. The lowest BCUT2D eigenvalue weighted by Crippen LogP contribution is -2.27. The quantitative estimate of drug-likeness (QED) is 0.691. The van der Waals surface area contributed by atoms with Crippen LogP contribution in [-0.4, -0.2) is 37.8 Å². The molecule has 0 saturated carbocycles. The van der Waals surface area contributed by atoms with Crippen molar-refractivity contribution in [3.8, 4) is 5.75 Å². The van der Waals surface area contributed by atoms with E-state index in [2.05, 4.69) is 0 Å². The van der Waals surface area contributed by atoms with Crippen molar-refractivity contribution in [2.45, 2.75) is 0 Å². The number of likely N-dealkylation sites (N-methyl/N-ethyl adjacent to an activating group) is 1. The Labute approximate surface area is 88.5 Å². The van der Waals surface area contributed by atoms with Crippen LogP contribution in [0.15, 0.2) is 24.3 Å². The van der Waals surface area contributed by atoms with Gasteiger partial charge < -0.3 is 9.64 Å². The van der Waals surface area contributed by atoms with Crippen molar-refractivity contribution >= 4 is 12.2 Å². The maximum atomic E-state index is 11.2. The van der Waals surface area contributed by atoms with Crippen LogP contribution in [0, 0.1) is 0 Å². The van der Waals surface area contributed by atoms with E-state index in [1.807, 2.05) is 0 Å². The third-order valence-corrected chi connectivity index (χ3v) is 1.86. The predicted octanol–water partition coefficient (Wildman–Crippen LogP) is 0.966. The maximum Gasteiger partial charge on any atom is 0.259 e. The normalized spacial score (nSPS) is 9.47. The highest BCUT2D eigenvalue weighted by Crippen LogP contribution is 2.11. The molecular formula is C11H13NO3. The van der Waals surface area contributed by atoms with Crippen molar-refractivity contribution in [2.24, 2.45) is 0 Å². The molecule has 0 spiro atoms. The Morgan fingerprint density at radius 2 is 2.20 bits per heavy atom. The number of ether oxygens (including phenoxy) is 1. The van der Waals surface area contributed by atoms with Gasteiger partial charge in [-0.2, -0.15) is 0 Å². The van der Waals surface area contributed by atoms with Crippen molar-refractivity contribution in [1.82, 2.24) is 4.90 Å². The van der Waals surface area contributed by atoms with Gasteiger partial charge in [-0.15, -0.1) is 0 Å². The number of carbonyl (C=O) groups excluding carboxylic acids is 2. The van der Waals surface area contributed by atoms with E-state index in [0.29, 0.717) is 11.3 Å². The first kappa shape index (κ1) is 11.2. The number of rotatable bonds is 4. The van der Waals surface area contributed by atoms with Gasteiger partial charge in [0.2, 0.25) is 0 Å². The molecule has 15 heavy (non-hydrogen) atoms. The third kappa shape index (κ3) is 3.42. The van der Waals surface area contributed by atoms with Crippen molar-refractivity contribution in [3.63, 3.8) is 0 Å². The SMILES string of the molecule is CN(C)C(=O)COc1cccc(C=O)c1. The summed E-state index contributed by atoms with van der Waals surface area (Å²) in [6.07, 6.45) is 0.737. The fourth-order valence-corrected chi connectivity index (χ4v) is 0.952. The minimum atomic E-state index is -0.119. The Hall–Kier alpha value is -1.84. The van der Waals surface area contributed by atoms with Gasteiger partial charge in [0.15, 0.2) is 6.61 Å². The second kappa shape index (κ2) is 5.14. The average molecular weight is 207 g/mol. The Kier molecular flexibility index (Phi) is 3.85. The van der Waals surface area contributed by atoms with Crippen LogP contribution in [-0.2, 0) is 4.79 Å². The zero-order valence-electron chi connectivity index (χ0n) is 8.77. The third-order valence-electron chi connectivity index (χ3n) is 1.86. The topological polar surface area (TPSA) is 46.6 Å². The first-order valence-corrected chi connectivity index (χ1v) is 4.51. The highest BCUT2D eigenvalue weighted by atomic mass is 16.5. The van der Waals surface area contributed by atoms with Gasteiger partial charge in [-0.3, -0.25) is 9.59 Å². The van der Waals surface area contributed by atoms with Crippen LogP contribution in [0.3, 0.4) is 0 Å². The van der Waals surface area contributed by atoms with E-state index in [-0.39, 0.29) is 12.5 Å². The largest absolute Gasteiger partial charge is 0.484 e. The molecule has 0 heterocycles. The second-order valence-electron chi connectivity index (χ2n) is 3.27. The van der Waals surface area contributed by atoms with E-state index >= 15 is 0 Å². The van der Waals surface area contributed by atoms with E-state index < -0.39 is 0 Å². The molecule has 0 aliphatic heterocycles. The van der Waals surface area contributed by atoms with Gasteiger partial charge in [-0.1, -0.05) is 12.1 Å². The molecule has 1 amide bonds. The fourth-order valence-electron chi connectivity index (χ4n) is 0.952. The first-order valence-electron chi connectivity index (χ1n) is 4.51. The molecule has 0 aromatic heterocycles. The Bertz CT molecular complexity index is 361. The summed E-state index contributed by atoms with van der Waals surface area (Å²) in [4.78, 5) is 23.1. The number of hydrogen-bond donors (Lipinski definition) is 0. The lowest BCUT2D eigenvalue weighted by atomic mass is 10.2. The van der Waals surface area contributed by atoms with E-state index in [9.17, 15) is 9.59 Å². The number of amides is 1. The summed E-state index contributed by atoms with van der Waals surface area (Å²) in [5, 5.41) is 0. The molecule has 0 saturated heterocycles. The van der Waals surface area contributed by atoms with Crippen LogP contribution in [0.2, 0.25) is 0 Å². The molecule has 0 radical (unpaired) electrons. The Morgan fingerprint density at radius 1 is 1.47 bits per heavy atom. The molecule has 4 nitrogen and oxygen atoms in total. The summed E-state index contributed by atoms with van der Waals surface area (Å²) in [7, 11) is 3.32. The zero-order valence-corrected chi connectivity index (χ0v) is 8.77. The maximum absolute atomic E-state index is 11.2. The summed E-state index contributed by atoms with van der Waals surface area (Å²) in [6, 6.07) is 6.68. The lowest BCUT2D eigenvalue weighted by molar-refractivity contribution is -0.130. The number of carbonyl (C=O) groups is 2. The number of hydrogen-bond acceptors (Lipinski definition) is 3. The molecule has 1 aromatic carbocycles. The van der Waals surface area contributed by atoms with Crippen LogP contribution in [0.4, 0.5) is 0 Å². The van der Waals surface area contributed by atoms with Crippen LogP contribution in [0.1, 0.15) is 10.4 Å². The fraction of sp³-hybridized carbons (Fsp3) is 0.273. The molecule has 1 rings (SSSR count). The highest BCUT2D eigenvalue weighted by Gasteiger charge is 2.04. The smallest absolute Gasteiger partial charge is 0.259 e. The summed E-state index contributed by atoms with van der Waals surface area (Å²) in [6.45, 7) is -0.0185. The molecule has 80 valence electrons. The standard InChI is InChI=1S/C11H13NO3/c1-12(2)11(14)8-15-10-5-3-4-9(6-10)7-13/h3-7H,8H2,1-2H3. The molecule has 0 N–H and O–H groups in total. The lowest BCUT2D eigenvalue weighted by Gasteiger charge is -2.11. The highest BCUT2D eigenvalue weighted by molar-refractivity contribution is 5.77. The molecule has 0 fully saturated rings. The number of aldehydes is 1. The summed E-state index contributed by atoms with van der Waals surface area (Å²) >= 11 is 0. The van der Waals surface area contributed by atoms with Crippen molar-refractivity contribution < 1.29 is 14.3 Å². The molecule has 0 bridgehead atoms. The number of nitrogens with zero attached hydrogens (tertiary/aromatic N) is 1. The van der Waals surface area contributed by atoms with Crippen molar-refractivity contribution in [1.29, 1.82) is 0 Å². The average Bonchev–Trinajstić information content (AvgIpc) is 2.26. The van der Waals surface area contributed by atoms with Gasteiger partial charge in [0.1, 0.15) is 12.0 Å². The zero-order chi connectivity index (χ0) is 11.3. The Morgan fingerprint density at radius 3 is 2.80 bits per heavy atom. The summed E-state index contributed by atoms with van der Waals surface area (Å²) in [5.41, 5.74) is 0.532. The predicted molar refractivity (Wildman–Crippen MR) is 56.0 cm³/mol. The van der Waals surface area contributed by atoms with E-state index in [1.165, 1.54) is 4.90 Å². The van der Waals surface area contributed by atoms with Gasteiger partial charge in [0.25, 0.3) is 5.91 Å². The number of benzene rings is 1. The van der Waals surface area contributed by atoms with E-state index in [4.69, 9.17) is 4.74 Å². The van der Waals surface area contributed by atoms with E-state index in [1.54, 1.807) is 38.4 Å². The summed E-state index contributed by atoms with van der Waals surface area (Å²) in [5.74, 6) is 0.404. The summed E-state index contributed by atoms with van der Waals surface area (Å²) < 4.78 is 5.22. The van der Waals surface area contributed by atoms with Crippen LogP contribution in [0.5, 0.6) is 5.75 Å². The van der Waals surface area contributed by atoms with Crippen LogP contribution < -0.4 is 4.74 Å². The van der Waals surface area contributed by atoms with Crippen molar-refractivity contribution in [2.75, 3.05) is 20.7 Å². The van der Waals surface area contributed by atoms with Crippen LogP contribution in [0.25, 0.3) is 0 Å². The van der Waals surface area contributed by atoms with Crippen molar-refractivity contribution in [3.05, 3.63) is 29.8 Å². The minimum Gasteiger partial charge on any atom is -0.484 e. The molecular weight excluding hydrogens is 194 g/mol. The Balaban J connectivity index is 2.57. The van der Waals surface area contributed by atoms with Crippen LogP contribution >= 0.6 is 0 Å². The molecule has 0 atom stereocenters. The molecule has 0 unspecified atom stereocenters. The first-order chi connectivity index (χ1) is 7.13. The van der Waals surface area contributed by atoms with Gasteiger partial charge in [-0.05, 0) is 12.1 Å². The molecule has 0 aliphatic rings. The monoisotopic (exact) mass is 207 g/mol. The molecule has 0 aliphatic carbocycles. The molecule has 1 aromatic rings. The van der Waals surface area contributed by atoms with Gasteiger partial charge in [0.05, 0.1) is 0 Å². The molecule has 4 heteroatoms. The minimum absolute atomic E-state index is 0.0185. The van der Waals surface area contributed by atoms with Gasteiger partial charge in [-0.25, -0.2) is 0 Å². The van der Waals surface area contributed by atoms with Gasteiger partial charge in [0, 0.05) is 19.7 Å². The van der Waals surface area contributed by atoms with E-state index in [0.717, 1.165) is 6.29 Å².